The van der Waals surface area contributed by atoms with Crippen molar-refractivity contribution in [3.8, 4) is 0 Å². The SMILES string of the molecule is C=C1C[C@]23C[C@]1(O)CC[C@H]2[C@@]12CCC[C@@](C)(C(=O)O1)[C@H]2[C@@H]3C(=O)O. The van der Waals surface area contributed by atoms with Crippen LogP contribution in [0.4, 0.5) is 0 Å². The molecule has 7 atom stereocenters. The van der Waals surface area contributed by atoms with Crippen LogP contribution in [0.15, 0.2) is 12.2 Å². The highest BCUT2D eigenvalue weighted by atomic mass is 16.6. The molecule has 1 aliphatic heterocycles. The second-order valence-electron chi connectivity index (χ2n) is 9.22. The Labute approximate surface area is 141 Å². The van der Waals surface area contributed by atoms with Crippen LogP contribution in [-0.4, -0.2) is 33.4 Å². The molecule has 4 saturated carbocycles. The summed E-state index contributed by atoms with van der Waals surface area (Å²) in [7, 11) is 0. The fourth-order valence-corrected chi connectivity index (χ4v) is 7.69. The van der Waals surface area contributed by atoms with Crippen molar-refractivity contribution < 1.29 is 24.5 Å². The van der Waals surface area contributed by atoms with Crippen molar-refractivity contribution in [1.82, 2.24) is 0 Å². The lowest BCUT2D eigenvalue weighted by Crippen LogP contribution is -2.48. The van der Waals surface area contributed by atoms with Gasteiger partial charge < -0.3 is 14.9 Å². The molecule has 24 heavy (non-hydrogen) atoms. The van der Waals surface area contributed by atoms with Crippen LogP contribution in [0.2, 0.25) is 0 Å². The van der Waals surface area contributed by atoms with Crippen LogP contribution in [0.1, 0.15) is 51.9 Å². The van der Waals surface area contributed by atoms with Crippen LogP contribution < -0.4 is 0 Å². The molecule has 2 N–H and O–H groups in total. The Hall–Kier alpha value is -1.36. The third kappa shape index (κ3) is 1.29. The molecule has 4 bridgehead atoms. The van der Waals surface area contributed by atoms with Crippen LogP contribution in [0.3, 0.4) is 0 Å². The summed E-state index contributed by atoms with van der Waals surface area (Å²) in [5.41, 5.74) is -2.00. The number of carboxylic acid groups (broad SMARTS) is 1. The first kappa shape index (κ1) is 14.9. The van der Waals surface area contributed by atoms with Crippen molar-refractivity contribution in [3.63, 3.8) is 0 Å². The summed E-state index contributed by atoms with van der Waals surface area (Å²) in [5, 5.41) is 21.1. The monoisotopic (exact) mass is 332 g/mol. The van der Waals surface area contributed by atoms with Crippen LogP contribution >= 0.6 is 0 Å². The van der Waals surface area contributed by atoms with E-state index in [0.29, 0.717) is 25.7 Å². The molecule has 0 aromatic rings. The van der Waals surface area contributed by atoms with Gasteiger partial charge in [0.15, 0.2) is 0 Å². The number of ether oxygens (including phenoxy) is 1. The predicted octanol–water partition coefficient (Wildman–Crippen LogP) is 2.28. The van der Waals surface area contributed by atoms with Gasteiger partial charge in [0.25, 0.3) is 0 Å². The molecule has 0 aromatic carbocycles. The topological polar surface area (TPSA) is 83.8 Å². The van der Waals surface area contributed by atoms with E-state index in [2.05, 4.69) is 6.58 Å². The summed E-state index contributed by atoms with van der Waals surface area (Å²) < 4.78 is 6.05. The van der Waals surface area contributed by atoms with Crippen LogP contribution in [0.5, 0.6) is 0 Å². The first-order valence-electron chi connectivity index (χ1n) is 9.07. The number of carbonyl (C=O) groups is 2. The lowest BCUT2D eigenvalue weighted by atomic mass is 9.60. The number of hydrogen-bond donors (Lipinski definition) is 2. The standard InChI is InChI=1S/C19H24O5/c1-10-8-17-9-18(10,23)7-4-11(17)19-6-3-5-16(2,15(22)24-19)13(19)12(17)14(20)21/h11-13,23H,1,3-9H2,2H3,(H,20,21)/t11-,12-,13-,16-,17+,18-,19-/m1/s1. The lowest BCUT2D eigenvalue weighted by Gasteiger charge is -2.45. The number of carbonyl (C=O) groups excluding carboxylic acids is 1. The van der Waals surface area contributed by atoms with Gasteiger partial charge in [-0.2, -0.15) is 0 Å². The fraction of sp³-hybridized carbons (Fsp3) is 0.789. The van der Waals surface area contributed by atoms with Crippen LogP contribution in [0, 0.1) is 28.6 Å². The zero-order valence-electron chi connectivity index (χ0n) is 14.0. The molecule has 0 aromatic heterocycles. The molecule has 0 radical (unpaired) electrons. The van der Waals surface area contributed by atoms with E-state index < -0.39 is 33.9 Å². The molecule has 5 heteroatoms. The van der Waals surface area contributed by atoms with Crippen molar-refractivity contribution in [2.45, 2.75) is 63.1 Å². The van der Waals surface area contributed by atoms with Crippen molar-refractivity contribution >= 4 is 11.9 Å². The smallest absolute Gasteiger partial charge is 0.312 e. The summed E-state index contributed by atoms with van der Waals surface area (Å²) in [6, 6.07) is 0. The minimum absolute atomic E-state index is 0.0294. The highest BCUT2D eigenvalue weighted by Gasteiger charge is 2.82. The van der Waals surface area contributed by atoms with Gasteiger partial charge in [-0.3, -0.25) is 9.59 Å². The molecule has 4 aliphatic carbocycles. The Balaban J connectivity index is 1.75. The van der Waals surface area contributed by atoms with E-state index in [4.69, 9.17) is 4.74 Å². The molecule has 130 valence electrons. The molecule has 1 spiro atoms. The molecule has 5 fully saturated rings. The Morgan fingerprint density at radius 1 is 1.33 bits per heavy atom. The Morgan fingerprint density at radius 3 is 2.79 bits per heavy atom. The largest absolute Gasteiger partial charge is 0.481 e. The van der Waals surface area contributed by atoms with Gasteiger partial charge >= 0.3 is 11.9 Å². The van der Waals surface area contributed by atoms with Crippen molar-refractivity contribution in [2.24, 2.45) is 28.6 Å². The molecular formula is C19H24O5. The zero-order chi connectivity index (χ0) is 17.1. The summed E-state index contributed by atoms with van der Waals surface area (Å²) in [5.74, 6) is -1.92. The van der Waals surface area contributed by atoms with Crippen LogP contribution in [0.25, 0.3) is 0 Å². The van der Waals surface area contributed by atoms with Gasteiger partial charge in [0.05, 0.1) is 16.9 Å². The van der Waals surface area contributed by atoms with Gasteiger partial charge in [-0.05, 0) is 62.9 Å². The van der Waals surface area contributed by atoms with Crippen molar-refractivity contribution in [3.05, 3.63) is 12.2 Å². The summed E-state index contributed by atoms with van der Waals surface area (Å²) >= 11 is 0. The zero-order valence-corrected chi connectivity index (χ0v) is 14.0. The average Bonchev–Trinajstić information content (AvgIpc) is 2.88. The van der Waals surface area contributed by atoms with E-state index in [9.17, 15) is 19.8 Å². The molecule has 5 rings (SSSR count). The van der Waals surface area contributed by atoms with Crippen molar-refractivity contribution in [2.75, 3.05) is 0 Å². The van der Waals surface area contributed by atoms with Gasteiger partial charge in [-0.15, -0.1) is 0 Å². The highest BCUT2D eigenvalue weighted by Crippen LogP contribution is 2.78. The van der Waals surface area contributed by atoms with E-state index in [1.54, 1.807) is 0 Å². The highest BCUT2D eigenvalue weighted by molar-refractivity contribution is 5.84. The predicted molar refractivity (Wildman–Crippen MR) is 83.9 cm³/mol. The fourth-order valence-electron chi connectivity index (χ4n) is 7.69. The van der Waals surface area contributed by atoms with E-state index in [-0.39, 0.29) is 17.8 Å². The summed E-state index contributed by atoms with van der Waals surface area (Å²) in [6.45, 7) is 5.98. The molecule has 0 amide bonds. The van der Waals surface area contributed by atoms with Gasteiger partial charge in [-0.1, -0.05) is 6.58 Å². The second-order valence-corrected chi connectivity index (χ2v) is 9.22. The molecule has 1 saturated heterocycles. The van der Waals surface area contributed by atoms with Gasteiger partial charge in [-0.25, -0.2) is 0 Å². The number of esters is 1. The third-order valence-electron chi connectivity index (χ3n) is 8.40. The summed E-state index contributed by atoms with van der Waals surface area (Å²) in [4.78, 5) is 25.1. The minimum Gasteiger partial charge on any atom is -0.481 e. The third-order valence-corrected chi connectivity index (χ3v) is 8.40. The first-order chi connectivity index (χ1) is 11.2. The van der Waals surface area contributed by atoms with Crippen LogP contribution in [-0.2, 0) is 14.3 Å². The number of aliphatic hydroxyl groups is 1. The maximum Gasteiger partial charge on any atom is 0.312 e. The Kier molecular flexibility index (Phi) is 2.43. The quantitative estimate of drug-likeness (QED) is 0.568. The molecule has 1 heterocycles. The van der Waals surface area contributed by atoms with Gasteiger partial charge in [0.1, 0.15) is 5.60 Å². The van der Waals surface area contributed by atoms with E-state index in [1.165, 1.54) is 0 Å². The number of carboxylic acids is 1. The van der Waals surface area contributed by atoms with E-state index in [0.717, 1.165) is 24.8 Å². The normalized spacial score (nSPS) is 57.5. The van der Waals surface area contributed by atoms with E-state index in [1.807, 2.05) is 6.92 Å². The maximum atomic E-state index is 12.7. The van der Waals surface area contributed by atoms with Crippen molar-refractivity contribution in [1.29, 1.82) is 0 Å². The maximum absolute atomic E-state index is 12.7. The second kappa shape index (κ2) is 3.90. The first-order valence-corrected chi connectivity index (χ1v) is 9.07. The number of fused-ring (bicyclic) bond motifs is 1. The molecular weight excluding hydrogens is 308 g/mol. The molecule has 0 unspecified atom stereocenters. The number of aliphatic carboxylic acids is 1. The minimum atomic E-state index is -0.932. The van der Waals surface area contributed by atoms with Gasteiger partial charge in [0, 0.05) is 11.8 Å². The average molecular weight is 332 g/mol. The van der Waals surface area contributed by atoms with E-state index >= 15 is 0 Å². The molecule has 5 nitrogen and oxygen atoms in total. The number of hydrogen-bond acceptors (Lipinski definition) is 4. The lowest BCUT2D eigenvalue weighted by molar-refractivity contribution is -0.162. The summed E-state index contributed by atoms with van der Waals surface area (Å²) in [6.07, 6.45) is 4.72. The Morgan fingerprint density at radius 2 is 2.08 bits per heavy atom. The van der Waals surface area contributed by atoms with Gasteiger partial charge in [0.2, 0.25) is 0 Å². The Bertz CT molecular complexity index is 700. The molecule has 5 aliphatic rings. The number of rotatable bonds is 1.